The molecule has 21 heavy (non-hydrogen) atoms. The Morgan fingerprint density at radius 1 is 1.48 bits per heavy atom. The van der Waals surface area contributed by atoms with Gasteiger partial charge in [0.2, 0.25) is 0 Å². The molecule has 0 spiro atoms. The van der Waals surface area contributed by atoms with E-state index in [2.05, 4.69) is 21.2 Å². The first kappa shape index (κ1) is 15.6. The van der Waals surface area contributed by atoms with Gasteiger partial charge in [-0.2, -0.15) is 0 Å². The summed E-state index contributed by atoms with van der Waals surface area (Å²) in [6.07, 6.45) is 0.458. The Morgan fingerprint density at radius 2 is 2.19 bits per heavy atom. The third kappa shape index (κ3) is 3.29. The molecule has 1 atom stereocenters. The van der Waals surface area contributed by atoms with Crippen molar-refractivity contribution in [2.75, 3.05) is 25.5 Å². The van der Waals surface area contributed by atoms with E-state index in [0.717, 1.165) is 4.47 Å². The zero-order valence-corrected chi connectivity index (χ0v) is 13.4. The summed E-state index contributed by atoms with van der Waals surface area (Å²) in [6, 6.07) is 4.93. The van der Waals surface area contributed by atoms with Crippen LogP contribution in [-0.4, -0.2) is 42.2 Å². The number of anilines is 1. The van der Waals surface area contributed by atoms with Crippen LogP contribution in [0.25, 0.3) is 0 Å². The summed E-state index contributed by atoms with van der Waals surface area (Å²) in [4.78, 5) is 24.9. The van der Waals surface area contributed by atoms with Gasteiger partial charge in [-0.1, -0.05) is 0 Å². The maximum absolute atomic E-state index is 12.2. The van der Waals surface area contributed by atoms with Crippen LogP contribution in [0.5, 0.6) is 5.75 Å². The molecule has 1 aliphatic rings. The highest BCUT2D eigenvalue weighted by Crippen LogP contribution is 2.31. The molecule has 1 aromatic carbocycles. The lowest BCUT2D eigenvalue weighted by molar-refractivity contribution is -0.146. The Kier molecular flexibility index (Phi) is 4.41. The number of hydrogen-bond donors (Lipinski definition) is 2. The average Bonchev–Trinajstić information content (AvgIpc) is 2.85. The van der Waals surface area contributed by atoms with Gasteiger partial charge in [-0.25, -0.2) is 4.79 Å². The van der Waals surface area contributed by atoms with Crippen LogP contribution < -0.4 is 10.1 Å². The Bertz CT molecular complexity index is 578. The van der Waals surface area contributed by atoms with Crippen LogP contribution >= 0.6 is 15.9 Å². The Labute approximate surface area is 131 Å². The van der Waals surface area contributed by atoms with Crippen LogP contribution in [-0.2, 0) is 4.79 Å². The Balaban J connectivity index is 2.04. The molecule has 1 unspecified atom stereocenters. The summed E-state index contributed by atoms with van der Waals surface area (Å²) >= 11 is 3.34. The van der Waals surface area contributed by atoms with E-state index in [9.17, 15) is 14.7 Å². The number of hydrogen-bond acceptors (Lipinski definition) is 3. The molecule has 1 heterocycles. The number of carboxylic acid groups (broad SMARTS) is 1. The van der Waals surface area contributed by atoms with Crippen molar-refractivity contribution in [3.8, 4) is 5.75 Å². The lowest BCUT2D eigenvalue weighted by Gasteiger charge is -2.20. The van der Waals surface area contributed by atoms with Crippen molar-refractivity contribution in [3.05, 3.63) is 22.7 Å². The number of nitrogens with one attached hydrogen (secondary N) is 1. The van der Waals surface area contributed by atoms with E-state index in [1.807, 2.05) is 0 Å². The van der Waals surface area contributed by atoms with Gasteiger partial charge in [-0.05, 0) is 41.4 Å². The average molecular weight is 357 g/mol. The molecule has 0 aliphatic carbocycles. The van der Waals surface area contributed by atoms with Gasteiger partial charge in [0.15, 0.2) is 0 Å². The van der Waals surface area contributed by atoms with Gasteiger partial charge in [0.1, 0.15) is 5.75 Å². The predicted molar refractivity (Wildman–Crippen MR) is 81.6 cm³/mol. The molecule has 2 N–H and O–H groups in total. The van der Waals surface area contributed by atoms with E-state index < -0.39 is 11.4 Å². The predicted octanol–water partition coefficient (Wildman–Crippen LogP) is 2.79. The summed E-state index contributed by atoms with van der Waals surface area (Å²) in [5, 5.41) is 11.9. The Morgan fingerprint density at radius 3 is 2.76 bits per heavy atom. The molecule has 2 amide bonds. The van der Waals surface area contributed by atoms with Crippen LogP contribution in [0.4, 0.5) is 10.5 Å². The first-order chi connectivity index (χ1) is 9.85. The van der Waals surface area contributed by atoms with Crippen LogP contribution in [0.2, 0.25) is 0 Å². The molecule has 0 bridgehead atoms. The number of amides is 2. The maximum Gasteiger partial charge on any atom is 0.321 e. The monoisotopic (exact) mass is 356 g/mol. The molecular formula is C14H17BrN2O4. The van der Waals surface area contributed by atoms with Crippen LogP contribution in [0.1, 0.15) is 13.3 Å². The molecule has 1 aliphatic heterocycles. The molecule has 1 fully saturated rings. The van der Waals surface area contributed by atoms with Crippen molar-refractivity contribution < 1.29 is 19.4 Å². The highest BCUT2D eigenvalue weighted by Gasteiger charge is 2.42. The number of nitrogens with zero attached hydrogens (tertiary/aromatic N) is 1. The standard InChI is InChI=1S/C14H17BrN2O4/c1-14(12(18)19)5-6-17(8-14)13(20)16-9-3-4-10(15)11(7-9)21-2/h3-4,7H,5-6,8H2,1-2H3,(H,16,20)(H,18,19). The molecule has 114 valence electrons. The van der Waals surface area contributed by atoms with Crippen LogP contribution in [0, 0.1) is 5.41 Å². The summed E-state index contributed by atoms with van der Waals surface area (Å²) < 4.78 is 5.96. The summed E-state index contributed by atoms with van der Waals surface area (Å²) in [5.74, 6) is -0.257. The second-order valence-electron chi connectivity index (χ2n) is 5.32. The zero-order valence-electron chi connectivity index (χ0n) is 11.9. The van der Waals surface area contributed by atoms with Crippen molar-refractivity contribution in [1.29, 1.82) is 0 Å². The number of methoxy groups -OCH3 is 1. The fourth-order valence-electron chi connectivity index (χ4n) is 2.25. The molecule has 0 saturated carbocycles. The van der Waals surface area contributed by atoms with Gasteiger partial charge in [0.05, 0.1) is 17.0 Å². The fraction of sp³-hybridized carbons (Fsp3) is 0.429. The molecule has 0 aromatic heterocycles. The molecule has 1 aromatic rings. The number of rotatable bonds is 3. The summed E-state index contributed by atoms with van der Waals surface area (Å²) in [5.41, 5.74) is -0.265. The number of halogens is 1. The number of carbonyl (C=O) groups excluding carboxylic acids is 1. The van der Waals surface area contributed by atoms with Gasteiger partial charge in [0, 0.05) is 24.8 Å². The summed E-state index contributed by atoms with van der Waals surface area (Å²) in [7, 11) is 1.55. The number of likely N-dealkylation sites (tertiary alicyclic amines) is 1. The second-order valence-corrected chi connectivity index (χ2v) is 6.17. The lowest BCUT2D eigenvalue weighted by Crippen LogP contribution is -2.37. The SMILES string of the molecule is COc1cc(NC(=O)N2CCC(C)(C(=O)O)C2)ccc1Br. The molecule has 1 saturated heterocycles. The van der Waals surface area contributed by atoms with E-state index in [4.69, 9.17) is 4.74 Å². The number of benzene rings is 1. The Hall–Kier alpha value is -1.76. The van der Waals surface area contributed by atoms with Gasteiger partial charge in [-0.15, -0.1) is 0 Å². The molecule has 7 heteroatoms. The smallest absolute Gasteiger partial charge is 0.321 e. The first-order valence-electron chi connectivity index (χ1n) is 6.48. The topological polar surface area (TPSA) is 78.9 Å². The number of urea groups is 1. The van der Waals surface area contributed by atoms with Crippen LogP contribution in [0.15, 0.2) is 22.7 Å². The van der Waals surface area contributed by atoms with Gasteiger partial charge >= 0.3 is 12.0 Å². The van der Waals surface area contributed by atoms with Crippen molar-refractivity contribution in [3.63, 3.8) is 0 Å². The molecule has 6 nitrogen and oxygen atoms in total. The van der Waals surface area contributed by atoms with E-state index in [0.29, 0.717) is 24.4 Å². The normalized spacial score (nSPS) is 21.2. The fourth-order valence-corrected chi connectivity index (χ4v) is 2.66. The minimum Gasteiger partial charge on any atom is -0.495 e. The van der Waals surface area contributed by atoms with E-state index in [1.165, 1.54) is 4.90 Å². The first-order valence-corrected chi connectivity index (χ1v) is 7.28. The van der Waals surface area contributed by atoms with Gasteiger partial charge in [0.25, 0.3) is 0 Å². The summed E-state index contributed by atoms with van der Waals surface area (Å²) in [6.45, 7) is 2.30. The van der Waals surface area contributed by atoms with E-state index in [-0.39, 0.29) is 12.6 Å². The quantitative estimate of drug-likeness (QED) is 0.872. The van der Waals surface area contributed by atoms with Crippen molar-refractivity contribution >= 4 is 33.6 Å². The lowest BCUT2D eigenvalue weighted by atomic mass is 9.90. The molecular weight excluding hydrogens is 340 g/mol. The second kappa shape index (κ2) is 5.93. The largest absolute Gasteiger partial charge is 0.495 e. The highest BCUT2D eigenvalue weighted by atomic mass is 79.9. The number of ether oxygens (including phenoxy) is 1. The minimum atomic E-state index is -0.872. The maximum atomic E-state index is 12.2. The number of carboxylic acids is 1. The molecule has 0 radical (unpaired) electrons. The van der Waals surface area contributed by atoms with Gasteiger partial charge in [-0.3, -0.25) is 4.79 Å². The van der Waals surface area contributed by atoms with Crippen molar-refractivity contribution in [2.45, 2.75) is 13.3 Å². The minimum absolute atomic E-state index is 0.210. The van der Waals surface area contributed by atoms with Crippen molar-refractivity contribution in [1.82, 2.24) is 4.90 Å². The third-order valence-electron chi connectivity index (χ3n) is 3.68. The number of carbonyl (C=O) groups is 2. The van der Waals surface area contributed by atoms with Gasteiger partial charge < -0.3 is 20.1 Å². The third-order valence-corrected chi connectivity index (χ3v) is 4.33. The van der Waals surface area contributed by atoms with Crippen molar-refractivity contribution in [2.24, 2.45) is 5.41 Å². The number of aliphatic carboxylic acids is 1. The molecule has 2 rings (SSSR count). The van der Waals surface area contributed by atoms with E-state index in [1.54, 1.807) is 32.2 Å². The highest BCUT2D eigenvalue weighted by molar-refractivity contribution is 9.10. The zero-order chi connectivity index (χ0) is 15.6. The van der Waals surface area contributed by atoms with E-state index >= 15 is 0 Å². The van der Waals surface area contributed by atoms with Crippen LogP contribution in [0.3, 0.4) is 0 Å².